The van der Waals surface area contributed by atoms with Crippen LogP contribution in [0.3, 0.4) is 0 Å². The number of anilines is 1. The summed E-state index contributed by atoms with van der Waals surface area (Å²) in [5, 5.41) is -1.90. The van der Waals surface area contributed by atoms with Crippen molar-refractivity contribution in [2.75, 3.05) is 5.73 Å². The molecule has 0 fully saturated rings. The highest BCUT2D eigenvalue weighted by molar-refractivity contribution is 6.25. The first-order valence-corrected chi connectivity index (χ1v) is 5.85. The molecule has 1 aliphatic rings. The topological polar surface area (TPSA) is 35.2 Å². The predicted molar refractivity (Wildman–Crippen MR) is 68.3 cm³/mol. The summed E-state index contributed by atoms with van der Waals surface area (Å²) in [6, 6.07) is 6.81. The molecule has 1 unspecified atom stereocenters. The van der Waals surface area contributed by atoms with Gasteiger partial charge in [0.05, 0.1) is 0 Å². The maximum absolute atomic E-state index is 12.3. The van der Waals surface area contributed by atoms with E-state index in [4.69, 9.17) is 17.3 Å². The highest BCUT2D eigenvalue weighted by atomic mass is 35.5. The molecule has 0 heterocycles. The van der Waals surface area contributed by atoms with Crippen molar-refractivity contribution < 1.29 is 17.9 Å². The van der Waals surface area contributed by atoms with Gasteiger partial charge in [0.1, 0.15) is 0 Å². The number of nitrogens with two attached hydrogens (primary N) is 1. The quantitative estimate of drug-likeness (QED) is 0.657. The van der Waals surface area contributed by atoms with E-state index in [1.807, 2.05) is 0 Å². The first-order valence-electron chi connectivity index (χ1n) is 5.48. The van der Waals surface area contributed by atoms with Crippen molar-refractivity contribution in [2.45, 2.75) is 17.8 Å². The van der Waals surface area contributed by atoms with Gasteiger partial charge in [-0.15, -0.1) is 13.2 Å². The number of allylic oxidation sites excluding steroid dienone is 2. The summed E-state index contributed by atoms with van der Waals surface area (Å²) in [7, 11) is 0. The molecule has 0 saturated heterocycles. The van der Waals surface area contributed by atoms with Gasteiger partial charge < -0.3 is 5.73 Å². The second kappa shape index (κ2) is 4.90. The third kappa shape index (κ3) is 3.75. The predicted octanol–water partition coefficient (Wildman–Crippen LogP) is 4.08. The fraction of sp³-hybridized carbons (Fsp3) is 0.231. The largest absolute Gasteiger partial charge is 0.524 e. The van der Waals surface area contributed by atoms with Crippen molar-refractivity contribution in [3.8, 4) is 0 Å². The van der Waals surface area contributed by atoms with E-state index >= 15 is 0 Å². The molecule has 6 heteroatoms. The average molecular weight is 290 g/mol. The van der Waals surface area contributed by atoms with Crippen LogP contribution in [0.4, 0.5) is 18.9 Å². The van der Waals surface area contributed by atoms with E-state index in [0.717, 1.165) is 5.56 Å². The van der Waals surface area contributed by atoms with E-state index in [1.54, 1.807) is 30.3 Å². The van der Waals surface area contributed by atoms with Crippen molar-refractivity contribution in [3.63, 3.8) is 0 Å². The number of halogens is 4. The van der Waals surface area contributed by atoms with Gasteiger partial charge in [0, 0.05) is 12.1 Å². The van der Waals surface area contributed by atoms with Crippen molar-refractivity contribution >= 4 is 22.9 Å². The Kier molecular flexibility index (Phi) is 3.60. The molecule has 2 rings (SSSR count). The van der Waals surface area contributed by atoms with Crippen molar-refractivity contribution in [3.05, 3.63) is 48.1 Å². The molecule has 102 valence electrons. The van der Waals surface area contributed by atoms with E-state index in [0.29, 0.717) is 11.3 Å². The Bertz CT molecular complexity index is 522. The molecular formula is C13H11ClF3NO. The molecule has 0 saturated carbocycles. The van der Waals surface area contributed by atoms with E-state index in [-0.39, 0.29) is 6.42 Å². The molecule has 2 nitrogen and oxygen atoms in total. The van der Waals surface area contributed by atoms with Gasteiger partial charge in [0.2, 0.25) is 0 Å². The van der Waals surface area contributed by atoms with Crippen LogP contribution in [0.1, 0.15) is 12.0 Å². The Morgan fingerprint density at radius 3 is 2.42 bits per heavy atom. The van der Waals surface area contributed by atoms with E-state index in [9.17, 15) is 13.2 Å². The van der Waals surface area contributed by atoms with Crippen LogP contribution < -0.4 is 5.73 Å². The summed E-state index contributed by atoms with van der Waals surface area (Å²) < 4.78 is 40.8. The van der Waals surface area contributed by atoms with Gasteiger partial charge in [-0.3, -0.25) is 4.74 Å². The molecule has 1 aromatic carbocycles. The van der Waals surface area contributed by atoms with Crippen LogP contribution in [0, 0.1) is 0 Å². The second-order valence-corrected chi connectivity index (χ2v) is 4.82. The maximum atomic E-state index is 12.3. The second-order valence-electron chi connectivity index (χ2n) is 4.18. The smallest absolute Gasteiger partial charge is 0.399 e. The van der Waals surface area contributed by atoms with Crippen LogP contribution in [0.2, 0.25) is 0 Å². The number of alkyl halides is 4. The van der Waals surface area contributed by atoms with Gasteiger partial charge in [0.25, 0.3) is 0 Å². The minimum atomic E-state index is -4.78. The number of hydrogen-bond donors (Lipinski definition) is 1. The van der Waals surface area contributed by atoms with Crippen LogP contribution >= 0.6 is 11.6 Å². The number of hydrogen-bond acceptors (Lipinski definition) is 2. The van der Waals surface area contributed by atoms with Gasteiger partial charge in [-0.05, 0) is 29.3 Å². The first kappa shape index (κ1) is 14.0. The van der Waals surface area contributed by atoms with Crippen LogP contribution in [-0.4, -0.2) is 11.4 Å². The third-order valence-corrected chi connectivity index (χ3v) is 2.98. The van der Waals surface area contributed by atoms with Gasteiger partial charge in [0.15, 0.2) is 5.06 Å². The number of ether oxygens (including phenoxy) is 1. The Balaban J connectivity index is 2.20. The Labute approximate surface area is 113 Å². The SMILES string of the molecule is Nc1ccc(C2=CC=CC(Cl)(OC(F)(F)F)C2)cc1. The van der Waals surface area contributed by atoms with Gasteiger partial charge in [-0.2, -0.15) is 0 Å². The lowest BCUT2D eigenvalue weighted by Crippen LogP contribution is -2.32. The van der Waals surface area contributed by atoms with Crippen molar-refractivity contribution in [1.82, 2.24) is 0 Å². The summed E-state index contributed by atoms with van der Waals surface area (Å²) >= 11 is 5.84. The fourth-order valence-electron chi connectivity index (χ4n) is 1.84. The molecule has 0 aliphatic heterocycles. The Morgan fingerprint density at radius 1 is 1.21 bits per heavy atom. The highest BCUT2D eigenvalue weighted by Gasteiger charge is 2.42. The van der Waals surface area contributed by atoms with Crippen LogP contribution in [0.25, 0.3) is 5.57 Å². The standard InChI is InChI=1S/C13H11ClF3NO/c14-12(19-13(15,16)17)7-1-2-10(8-12)9-3-5-11(18)6-4-9/h1-7H,8,18H2. The summed E-state index contributed by atoms with van der Waals surface area (Å²) in [6.45, 7) is 0. The van der Waals surface area contributed by atoms with E-state index in [1.165, 1.54) is 12.2 Å². The van der Waals surface area contributed by atoms with Crippen LogP contribution in [-0.2, 0) is 4.74 Å². The fourth-order valence-corrected chi connectivity index (χ4v) is 2.15. The zero-order chi connectivity index (χ0) is 14.1. The van der Waals surface area contributed by atoms with Gasteiger partial charge in [-0.1, -0.05) is 35.9 Å². The minimum Gasteiger partial charge on any atom is -0.399 e. The van der Waals surface area contributed by atoms with Crippen LogP contribution in [0.15, 0.2) is 42.5 Å². The van der Waals surface area contributed by atoms with Gasteiger partial charge in [-0.25, -0.2) is 0 Å². The van der Waals surface area contributed by atoms with Crippen molar-refractivity contribution in [1.29, 1.82) is 0 Å². The van der Waals surface area contributed by atoms with E-state index < -0.39 is 11.4 Å². The van der Waals surface area contributed by atoms with E-state index in [2.05, 4.69) is 4.74 Å². The normalized spacial score (nSPS) is 23.3. The molecule has 2 N–H and O–H groups in total. The number of nitrogen functional groups attached to an aromatic ring is 1. The summed E-state index contributed by atoms with van der Waals surface area (Å²) in [6.07, 6.45) is -0.521. The maximum Gasteiger partial charge on any atom is 0.524 e. The minimum absolute atomic E-state index is 0.0749. The molecule has 0 radical (unpaired) electrons. The Morgan fingerprint density at radius 2 is 1.84 bits per heavy atom. The van der Waals surface area contributed by atoms with Gasteiger partial charge >= 0.3 is 6.36 Å². The molecule has 0 spiro atoms. The molecule has 0 amide bonds. The summed E-state index contributed by atoms with van der Waals surface area (Å²) in [4.78, 5) is 0. The van der Waals surface area contributed by atoms with Crippen molar-refractivity contribution in [2.24, 2.45) is 0 Å². The zero-order valence-electron chi connectivity index (χ0n) is 9.75. The van der Waals surface area contributed by atoms with Crippen LogP contribution in [0.5, 0.6) is 0 Å². The monoisotopic (exact) mass is 289 g/mol. The molecule has 19 heavy (non-hydrogen) atoms. The third-order valence-electron chi connectivity index (χ3n) is 2.64. The number of benzene rings is 1. The molecule has 1 aromatic rings. The highest BCUT2D eigenvalue weighted by Crippen LogP contribution is 2.39. The summed E-state index contributed by atoms with van der Waals surface area (Å²) in [5.74, 6) is 0. The Hall–Kier alpha value is -1.46. The molecular weight excluding hydrogens is 279 g/mol. The first-order chi connectivity index (χ1) is 8.77. The molecule has 0 bridgehead atoms. The lowest BCUT2D eigenvalue weighted by molar-refractivity contribution is -0.343. The summed E-state index contributed by atoms with van der Waals surface area (Å²) in [5.41, 5.74) is 7.56. The average Bonchev–Trinajstić information content (AvgIpc) is 2.26. The lowest BCUT2D eigenvalue weighted by atomic mass is 9.95. The molecule has 1 aliphatic carbocycles. The number of rotatable bonds is 2. The molecule has 1 atom stereocenters. The zero-order valence-corrected chi connectivity index (χ0v) is 10.5. The molecule has 0 aromatic heterocycles. The lowest BCUT2D eigenvalue weighted by Gasteiger charge is -2.28.